The highest BCUT2D eigenvalue weighted by atomic mass is 16.5. The Labute approximate surface area is 200 Å². The number of hydrogen-bond donors (Lipinski definition) is 1. The van der Waals surface area contributed by atoms with Gasteiger partial charge < -0.3 is 24.4 Å². The van der Waals surface area contributed by atoms with Crippen molar-refractivity contribution in [1.82, 2.24) is 20.3 Å². The Kier molecular flexibility index (Phi) is 5.84. The first-order valence-corrected chi connectivity index (χ1v) is 10.8. The van der Waals surface area contributed by atoms with Crippen LogP contribution in [0.25, 0.3) is 10.9 Å². The van der Waals surface area contributed by atoms with E-state index >= 15 is 0 Å². The van der Waals surface area contributed by atoms with E-state index in [2.05, 4.69) is 20.3 Å². The van der Waals surface area contributed by atoms with Crippen molar-refractivity contribution in [2.45, 2.75) is 6.04 Å². The van der Waals surface area contributed by atoms with Crippen molar-refractivity contribution in [1.29, 1.82) is 0 Å². The van der Waals surface area contributed by atoms with Crippen molar-refractivity contribution in [3.8, 4) is 23.1 Å². The standard InChI is InChI=1S/C25H21N5O5/c1-30-21-11-17-18(27-14-28-24(17)33-2)12-22(21)34-13-20(25(30)32)29-23(31)19-10-16(8-9-26-19)35-15-6-4-3-5-7-15/h3-12,14,20H,13H2,1-2H3,(H,29,31)/t20-/m0/s1. The van der Waals surface area contributed by atoms with E-state index in [4.69, 9.17) is 14.2 Å². The zero-order valence-corrected chi connectivity index (χ0v) is 19.0. The molecule has 1 N–H and O–H groups in total. The van der Waals surface area contributed by atoms with Crippen LogP contribution in [0.2, 0.25) is 0 Å². The molecule has 3 heterocycles. The van der Waals surface area contributed by atoms with Crippen LogP contribution >= 0.6 is 0 Å². The summed E-state index contributed by atoms with van der Waals surface area (Å²) in [6.07, 6.45) is 2.87. The summed E-state index contributed by atoms with van der Waals surface area (Å²) >= 11 is 0. The van der Waals surface area contributed by atoms with Crippen molar-refractivity contribution in [2.24, 2.45) is 0 Å². The molecule has 35 heavy (non-hydrogen) atoms. The molecule has 5 rings (SSSR count). The Morgan fingerprint density at radius 3 is 2.71 bits per heavy atom. The Morgan fingerprint density at radius 2 is 1.91 bits per heavy atom. The SMILES string of the molecule is COc1ncnc2cc3c(cc12)N(C)C(=O)[C@@H](NC(=O)c1cc(Oc2ccccc2)ccn1)CO3. The molecule has 0 saturated carbocycles. The highest BCUT2D eigenvalue weighted by Crippen LogP contribution is 2.36. The average Bonchev–Trinajstić information content (AvgIpc) is 3.00. The van der Waals surface area contributed by atoms with Gasteiger partial charge in [-0.3, -0.25) is 14.6 Å². The van der Waals surface area contributed by atoms with Crippen molar-refractivity contribution >= 4 is 28.4 Å². The summed E-state index contributed by atoms with van der Waals surface area (Å²) in [5, 5.41) is 3.36. The van der Waals surface area contributed by atoms with Gasteiger partial charge in [0.15, 0.2) is 0 Å². The van der Waals surface area contributed by atoms with E-state index in [1.54, 1.807) is 37.4 Å². The van der Waals surface area contributed by atoms with Crippen molar-refractivity contribution in [2.75, 3.05) is 25.7 Å². The summed E-state index contributed by atoms with van der Waals surface area (Å²) in [5.41, 5.74) is 1.24. The van der Waals surface area contributed by atoms with Gasteiger partial charge in [0.2, 0.25) is 5.88 Å². The van der Waals surface area contributed by atoms with Crippen LogP contribution in [-0.2, 0) is 4.79 Å². The molecule has 2 aromatic carbocycles. The largest absolute Gasteiger partial charge is 0.489 e. The van der Waals surface area contributed by atoms with Gasteiger partial charge in [0, 0.05) is 25.4 Å². The number of nitrogens with zero attached hydrogens (tertiary/aromatic N) is 4. The van der Waals surface area contributed by atoms with Gasteiger partial charge in [0.05, 0.1) is 23.7 Å². The number of carbonyl (C=O) groups is 2. The van der Waals surface area contributed by atoms with Crippen LogP contribution in [-0.4, -0.2) is 53.6 Å². The molecule has 1 aliphatic rings. The Morgan fingerprint density at radius 1 is 1.09 bits per heavy atom. The van der Waals surface area contributed by atoms with Gasteiger partial charge in [-0.05, 0) is 24.3 Å². The van der Waals surface area contributed by atoms with E-state index in [-0.39, 0.29) is 18.2 Å². The first-order valence-electron chi connectivity index (χ1n) is 10.8. The average molecular weight is 471 g/mol. The van der Waals surface area contributed by atoms with Crippen LogP contribution in [0.5, 0.6) is 23.1 Å². The summed E-state index contributed by atoms with van der Waals surface area (Å²) < 4.78 is 17.0. The zero-order chi connectivity index (χ0) is 24.4. The van der Waals surface area contributed by atoms with Crippen LogP contribution in [0.1, 0.15) is 10.5 Å². The second-order valence-electron chi connectivity index (χ2n) is 7.75. The Hall–Kier alpha value is -4.73. The molecule has 10 nitrogen and oxygen atoms in total. The Bertz CT molecular complexity index is 1410. The molecule has 0 unspecified atom stereocenters. The number of nitrogens with one attached hydrogen (secondary N) is 1. The summed E-state index contributed by atoms with van der Waals surface area (Å²) in [7, 11) is 3.13. The summed E-state index contributed by atoms with van der Waals surface area (Å²) in [6, 6.07) is 14.9. The lowest BCUT2D eigenvalue weighted by atomic mass is 10.2. The maximum atomic E-state index is 13.2. The maximum Gasteiger partial charge on any atom is 0.270 e. The number of fused-ring (bicyclic) bond motifs is 2. The number of anilines is 1. The predicted molar refractivity (Wildman–Crippen MR) is 127 cm³/mol. The molecule has 176 valence electrons. The first-order chi connectivity index (χ1) is 17.0. The highest BCUT2D eigenvalue weighted by molar-refractivity contribution is 6.04. The molecule has 0 aliphatic carbocycles. The van der Waals surface area contributed by atoms with E-state index in [9.17, 15) is 9.59 Å². The van der Waals surface area contributed by atoms with Crippen LogP contribution in [0.15, 0.2) is 67.1 Å². The molecular weight excluding hydrogens is 450 g/mol. The minimum absolute atomic E-state index is 0.0597. The van der Waals surface area contributed by atoms with Gasteiger partial charge in [-0.2, -0.15) is 0 Å². The number of carbonyl (C=O) groups excluding carboxylic acids is 2. The maximum absolute atomic E-state index is 13.2. The fourth-order valence-electron chi connectivity index (χ4n) is 3.75. The number of likely N-dealkylation sites (N-methyl/N-ethyl adjacent to an activating group) is 1. The molecule has 0 bridgehead atoms. The van der Waals surface area contributed by atoms with Crippen molar-refractivity contribution < 1.29 is 23.8 Å². The molecule has 1 aliphatic heterocycles. The third-order valence-electron chi connectivity index (χ3n) is 5.52. The quantitative estimate of drug-likeness (QED) is 0.472. The minimum Gasteiger partial charge on any atom is -0.489 e. The third kappa shape index (κ3) is 4.41. The van der Waals surface area contributed by atoms with Gasteiger partial charge >= 0.3 is 0 Å². The zero-order valence-electron chi connectivity index (χ0n) is 19.0. The summed E-state index contributed by atoms with van der Waals surface area (Å²) in [5.74, 6) is 1.06. The van der Waals surface area contributed by atoms with Crippen LogP contribution in [0.3, 0.4) is 0 Å². The molecule has 0 radical (unpaired) electrons. The van der Waals surface area contributed by atoms with E-state index in [0.717, 1.165) is 0 Å². The number of aromatic nitrogens is 3. The van der Waals surface area contributed by atoms with Crippen LogP contribution in [0, 0.1) is 0 Å². The lowest BCUT2D eigenvalue weighted by Crippen LogP contribution is -2.49. The van der Waals surface area contributed by atoms with Gasteiger partial charge in [-0.15, -0.1) is 0 Å². The third-order valence-corrected chi connectivity index (χ3v) is 5.52. The fourth-order valence-corrected chi connectivity index (χ4v) is 3.75. The lowest BCUT2D eigenvalue weighted by molar-refractivity contribution is -0.120. The molecule has 10 heteroatoms. The normalized spacial score (nSPS) is 15.1. The number of para-hydroxylation sites is 1. The van der Waals surface area contributed by atoms with Gasteiger partial charge in [-0.1, -0.05) is 18.2 Å². The Balaban J connectivity index is 1.36. The fraction of sp³-hybridized carbons (Fsp3) is 0.160. The highest BCUT2D eigenvalue weighted by Gasteiger charge is 2.32. The number of hydrogen-bond acceptors (Lipinski definition) is 8. The van der Waals surface area contributed by atoms with Gasteiger partial charge in [0.1, 0.15) is 41.9 Å². The topological polar surface area (TPSA) is 116 Å². The second-order valence-corrected chi connectivity index (χ2v) is 7.75. The van der Waals surface area contributed by atoms with E-state index in [0.29, 0.717) is 39.7 Å². The minimum atomic E-state index is -0.934. The predicted octanol–water partition coefficient (Wildman–Crippen LogP) is 2.98. The second kappa shape index (κ2) is 9.26. The number of methoxy groups -OCH3 is 1. The number of pyridine rings is 1. The molecule has 2 aromatic heterocycles. The summed E-state index contributed by atoms with van der Waals surface area (Å²) in [6.45, 7) is -0.0597. The molecule has 0 fully saturated rings. The summed E-state index contributed by atoms with van der Waals surface area (Å²) in [4.78, 5) is 40.1. The van der Waals surface area contributed by atoms with E-state index in [1.807, 2.05) is 18.2 Å². The van der Waals surface area contributed by atoms with Crippen molar-refractivity contribution in [3.63, 3.8) is 0 Å². The molecule has 4 aromatic rings. The molecule has 2 amide bonds. The molecule has 1 atom stereocenters. The smallest absolute Gasteiger partial charge is 0.270 e. The van der Waals surface area contributed by atoms with Gasteiger partial charge in [0.25, 0.3) is 11.8 Å². The van der Waals surface area contributed by atoms with Crippen LogP contribution in [0.4, 0.5) is 5.69 Å². The van der Waals surface area contributed by atoms with E-state index in [1.165, 1.54) is 30.6 Å². The van der Waals surface area contributed by atoms with Gasteiger partial charge in [-0.25, -0.2) is 9.97 Å². The molecular formula is C25H21N5O5. The van der Waals surface area contributed by atoms with Crippen LogP contribution < -0.4 is 24.4 Å². The molecule has 0 saturated heterocycles. The first kappa shape index (κ1) is 22.1. The van der Waals surface area contributed by atoms with E-state index < -0.39 is 11.9 Å². The number of benzene rings is 2. The molecule has 0 spiro atoms. The number of rotatable bonds is 5. The van der Waals surface area contributed by atoms with Crippen molar-refractivity contribution in [3.05, 3.63) is 72.8 Å². The number of amides is 2. The lowest BCUT2D eigenvalue weighted by Gasteiger charge is -2.20. The number of ether oxygens (including phenoxy) is 3. The monoisotopic (exact) mass is 471 g/mol.